The Morgan fingerprint density at radius 1 is 1.37 bits per heavy atom. The van der Waals surface area contributed by atoms with Crippen LogP contribution in [0.2, 0.25) is 0 Å². The number of aliphatic hydroxyl groups excluding tert-OH is 1. The molecule has 0 rings (SSSR count). The number of carboxylic acids is 1. The van der Waals surface area contributed by atoms with Gasteiger partial charge in [-0.3, -0.25) is 14.9 Å². The smallest absolute Gasteiger partial charge is 0.322 e. The third-order valence-electron chi connectivity index (χ3n) is 2.90. The Morgan fingerprint density at radius 3 is 2.42 bits per heavy atom. The molecule has 112 valence electrons. The number of aliphatic hydroxyl groups is 1. The fourth-order valence-electron chi connectivity index (χ4n) is 1.97. The molecule has 0 fully saturated rings. The lowest BCUT2D eigenvalue weighted by Gasteiger charge is -2.33. The van der Waals surface area contributed by atoms with Gasteiger partial charge in [0.25, 0.3) is 0 Å². The molecular weight excluding hydrogens is 268 g/mol. The van der Waals surface area contributed by atoms with Crippen LogP contribution in [-0.2, 0) is 9.59 Å². The number of hydrogen-bond acceptors (Lipinski definition) is 5. The van der Waals surface area contributed by atoms with Crippen LogP contribution in [0.1, 0.15) is 33.1 Å². The van der Waals surface area contributed by atoms with Crippen LogP contribution in [0.15, 0.2) is 0 Å². The second-order valence-corrected chi connectivity index (χ2v) is 5.14. The van der Waals surface area contributed by atoms with Crippen molar-refractivity contribution in [2.45, 2.75) is 44.7 Å². The number of aliphatic carboxylic acids is 1. The third-order valence-corrected chi connectivity index (χ3v) is 3.27. The van der Waals surface area contributed by atoms with Crippen molar-refractivity contribution in [2.75, 3.05) is 18.9 Å². The third kappa shape index (κ3) is 7.39. The summed E-state index contributed by atoms with van der Waals surface area (Å²) in [5.74, 6) is -1.22. The number of thiol groups is 1. The van der Waals surface area contributed by atoms with Crippen LogP contribution in [0, 0.1) is 0 Å². The van der Waals surface area contributed by atoms with Crippen LogP contribution in [0.4, 0.5) is 0 Å². The van der Waals surface area contributed by atoms with E-state index in [2.05, 4.69) is 23.3 Å². The predicted octanol–water partition coefficient (Wildman–Crippen LogP) is 0.0164. The molecule has 0 bridgehead atoms. The number of carbonyl (C=O) groups is 2. The van der Waals surface area contributed by atoms with Crippen molar-refractivity contribution in [3.63, 3.8) is 0 Å². The molecule has 0 aromatic carbocycles. The van der Waals surface area contributed by atoms with Crippen molar-refractivity contribution in [1.82, 2.24) is 10.6 Å². The van der Waals surface area contributed by atoms with E-state index in [0.29, 0.717) is 6.42 Å². The molecule has 6 nitrogen and oxygen atoms in total. The van der Waals surface area contributed by atoms with Gasteiger partial charge in [0.05, 0.1) is 6.04 Å². The van der Waals surface area contributed by atoms with Crippen LogP contribution < -0.4 is 10.6 Å². The summed E-state index contributed by atoms with van der Waals surface area (Å²) in [7, 11) is 0. The minimum Gasteiger partial charge on any atom is -0.480 e. The van der Waals surface area contributed by atoms with Crippen molar-refractivity contribution < 1.29 is 19.8 Å². The van der Waals surface area contributed by atoms with Crippen LogP contribution in [0.5, 0.6) is 0 Å². The number of amides is 1. The Labute approximate surface area is 119 Å². The number of carboxylic acid groups (broad SMARTS) is 1. The zero-order chi connectivity index (χ0) is 14.9. The van der Waals surface area contributed by atoms with Gasteiger partial charge in [0.1, 0.15) is 6.54 Å². The van der Waals surface area contributed by atoms with Crippen molar-refractivity contribution in [1.29, 1.82) is 0 Å². The van der Waals surface area contributed by atoms with Crippen molar-refractivity contribution in [2.24, 2.45) is 0 Å². The molecule has 1 unspecified atom stereocenters. The lowest BCUT2D eigenvalue weighted by Crippen LogP contribution is -2.56. The Morgan fingerprint density at radius 2 is 2.00 bits per heavy atom. The van der Waals surface area contributed by atoms with E-state index in [-0.39, 0.29) is 17.9 Å². The highest BCUT2D eigenvalue weighted by atomic mass is 32.1. The fraction of sp³-hybridized carbons (Fsp3) is 0.833. The molecule has 19 heavy (non-hydrogen) atoms. The topological polar surface area (TPSA) is 98.7 Å². The van der Waals surface area contributed by atoms with E-state index in [0.717, 1.165) is 12.8 Å². The quantitative estimate of drug-likeness (QED) is 0.366. The van der Waals surface area contributed by atoms with E-state index in [4.69, 9.17) is 10.2 Å². The number of carbonyl (C=O) groups excluding carboxylic acids is 1. The molecule has 0 aromatic heterocycles. The molecule has 0 heterocycles. The Balaban J connectivity index is 4.57. The summed E-state index contributed by atoms with van der Waals surface area (Å²) in [6, 6.07) is -0.578. The molecule has 2 atom stereocenters. The van der Waals surface area contributed by atoms with Crippen molar-refractivity contribution in [3.05, 3.63) is 0 Å². The lowest BCUT2D eigenvalue weighted by molar-refractivity contribution is -0.138. The zero-order valence-electron chi connectivity index (χ0n) is 11.5. The number of nitrogens with one attached hydrogen (secondary N) is 2. The van der Waals surface area contributed by atoms with Gasteiger partial charge in [-0.05, 0) is 19.8 Å². The molecule has 0 aliphatic rings. The van der Waals surface area contributed by atoms with E-state index in [9.17, 15) is 9.59 Å². The first kappa shape index (κ1) is 18.2. The Kier molecular flexibility index (Phi) is 8.79. The highest BCUT2D eigenvalue weighted by molar-refractivity contribution is 7.80. The molecule has 4 N–H and O–H groups in total. The summed E-state index contributed by atoms with van der Waals surface area (Å²) in [6.45, 7) is 3.58. The molecule has 0 aliphatic heterocycles. The minimum atomic E-state index is -1.09. The first-order valence-electron chi connectivity index (χ1n) is 6.37. The summed E-state index contributed by atoms with van der Waals surface area (Å²) in [6.07, 6.45) is 2.25. The van der Waals surface area contributed by atoms with Gasteiger partial charge in [-0.15, -0.1) is 0 Å². The van der Waals surface area contributed by atoms with Gasteiger partial charge in [-0.1, -0.05) is 13.3 Å². The molecular formula is C12H24N2O4S. The maximum absolute atomic E-state index is 11.8. The molecule has 1 amide bonds. The van der Waals surface area contributed by atoms with Crippen LogP contribution in [-0.4, -0.2) is 52.6 Å². The van der Waals surface area contributed by atoms with Crippen molar-refractivity contribution in [3.8, 4) is 0 Å². The SMILES string of the molecule is CCCC(C)(CCO)N[C@@H](CS)C(=O)NCC(=O)O. The first-order valence-corrected chi connectivity index (χ1v) is 7.00. The van der Waals surface area contributed by atoms with Gasteiger partial charge < -0.3 is 15.5 Å². The van der Waals surface area contributed by atoms with Crippen LogP contribution >= 0.6 is 12.6 Å². The van der Waals surface area contributed by atoms with Gasteiger partial charge >= 0.3 is 5.97 Å². The second-order valence-electron chi connectivity index (χ2n) is 4.78. The van der Waals surface area contributed by atoms with E-state index in [1.54, 1.807) is 0 Å². The number of hydrogen-bond donors (Lipinski definition) is 5. The van der Waals surface area contributed by atoms with E-state index >= 15 is 0 Å². The van der Waals surface area contributed by atoms with Gasteiger partial charge in [0, 0.05) is 17.9 Å². The van der Waals surface area contributed by atoms with E-state index in [1.165, 1.54) is 0 Å². The predicted molar refractivity (Wildman–Crippen MR) is 76.4 cm³/mol. The Hall–Kier alpha value is -0.790. The highest BCUT2D eigenvalue weighted by Crippen LogP contribution is 2.17. The van der Waals surface area contributed by atoms with Crippen molar-refractivity contribution >= 4 is 24.5 Å². The largest absolute Gasteiger partial charge is 0.480 e. The first-order chi connectivity index (χ1) is 8.88. The monoisotopic (exact) mass is 292 g/mol. The average Bonchev–Trinajstić information content (AvgIpc) is 2.33. The van der Waals surface area contributed by atoms with Gasteiger partial charge in [0.15, 0.2) is 0 Å². The van der Waals surface area contributed by atoms with Gasteiger partial charge in [-0.25, -0.2) is 0 Å². The summed E-state index contributed by atoms with van der Waals surface area (Å²) in [4.78, 5) is 22.2. The number of rotatable bonds is 10. The van der Waals surface area contributed by atoms with Gasteiger partial charge in [0.2, 0.25) is 5.91 Å². The summed E-state index contributed by atoms with van der Waals surface area (Å²) >= 11 is 4.11. The highest BCUT2D eigenvalue weighted by Gasteiger charge is 2.28. The average molecular weight is 292 g/mol. The molecule has 0 saturated carbocycles. The van der Waals surface area contributed by atoms with E-state index < -0.39 is 24.5 Å². The second kappa shape index (κ2) is 9.17. The summed E-state index contributed by atoms with van der Waals surface area (Å²) < 4.78 is 0. The molecule has 0 spiro atoms. The molecule has 7 heteroatoms. The standard InChI is InChI=1S/C12H24N2O4S/c1-3-4-12(2,5-6-15)14-9(8-19)11(18)13-7-10(16)17/h9,14-15,19H,3-8H2,1-2H3,(H,13,18)(H,16,17)/t9-,12?/m0/s1. The lowest BCUT2D eigenvalue weighted by atomic mass is 9.91. The molecule has 0 saturated heterocycles. The summed E-state index contributed by atoms with van der Waals surface area (Å²) in [5.41, 5.74) is -0.364. The Bertz CT molecular complexity index is 293. The molecule has 0 aliphatic carbocycles. The van der Waals surface area contributed by atoms with Crippen LogP contribution in [0.25, 0.3) is 0 Å². The van der Waals surface area contributed by atoms with E-state index in [1.807, 2.05) is 13.8 Å². The zero-order valence-corrected chi connectivity index (χ0v) is 12.4. The van der Waals surface area contributed by atoms with Gasteiger partial charge in [-0.2, -0.15) is 12.6 Å². The maximum atomic E-state index is 11.8. The maximum Gasteiger partial charge on any atom is 0.322 e. The summed E-state index contributed by atoms with van der Waals surface area (Å²) in [5, 5.41) is 23.1. The molecule has 0 radical (unpaired) electrons. The van der Waals surface area contributed by atoms with Crippen LogP contribution in [0.3, 0.4) is 0 Å². The fourth-order valence-corrected chi connectivity index (χ4v) is 2.23. The molecule has 0 aromatic rings. The normalized spacial score (nSPS) is 15.6. The minimum absolute atomic E-state index is 0.0273.